The van der Waals surface area contributed by atoms with Crippen molar-refractivity contribution in [1.82, 2.24) is 10.2 Å². The molecule has 2 aliphatic rings. The second-order valence-electron chi connectivity index (χ2n) is 10.5. The van der Waals surface area contributed by atoms with Crippen molar-refractivity contribution >= 4 is 55.9 Å². The number of carboxylic acid groups (broad SMARTS) is 1. The Morgan fingerprint density at radius 2 is 1.93 bits per heavy atom. The first kappa shape index (κ1) is 27.8. The Morgan fingerprint density at radius 3 is 2.69 bits per heavy atom. The summed E-state index contributed by atoms with van der Waals surface area (Å²) < 4.78 is 29.3. The van der Waals surface area contributed by atoms with Gasteiger partial charge in [-0.3, -0.25) is 9.59 Å². The molecule has 0 saturated heterocycles. The van der Waals surface area contributed by atoms with Gasteiger partial charge in [0, 0.05) is 42.4 Å². The minimum atomic E-state index is -3.48. The summed E-state index contributed by atoms with van der Waals surface area (Å²) in [5.74, 6) is -2.05. The smallest absolute Gasteiger partial charge is 0.326 e. The number of nitrogens with one attached hydrogen (secondary N) is 1. The molecule has 0 fully saturated rings. The molecule has 0 aliphatic carbocycles. The summed E-state index contributed by atoms with van der Waals surface area (Å²) in [6.07, 6.45) is 3.03. The molecular weight excluding hydrogens is 582 g/mol. The molecule has 3 aromatic carbocycles. The van der Waals surface area contributed by atoms with E-state index in [-0.39, 0.29) is 27.8 Å². The number of nitrogens with zero attached hydrogens (tertiary/aromatic N) is 2. The largest absolute Gasteiger partial charge is 0.480 e. The number of hydrogen-bond donors (Lipinski definition) is 2. The number of sulfone groups is 1. The molecule has 0 bridgehead atoms. The third-order valence-electron chi connectivity index (χ3n) is 7.67. The maximum absolute atomic E-state index is 13.5. The average molecular weight is 608 g/mol. The summed E-state index contributed by atoms with van der Waals surface area (Å²) in [4.78, 5) is 42.8. The topological polar surface area (TPSA) is 137 Å². The van der Waals surface area contributed by atoms with Gasteiger partial charge in [-0.05, 0) is 59.5 Å². The number of anilines is 1. The number of benzene rings is 3. The fraction of sp³-hybridized carbons (Fsp3) is 0.233. The van der Waals surface area contributed by atoms with Crippen LogP contribution in [0.2, 0.25) is 5.02 Å². The Balaban J connectivity index is 1.24. The van der Waals surface area contributed by atoms with E-state index >= 15 is 0 Å². The molecule has 1 aromatic heterocycles. The standard InChI is InChI=1S/C30H26ClN3O7S/c1-42(39,40)21-4-2-3-17(11-21)12-24(30(37)38)32-28(35)26-22-7-9-33-16-34(15-20(27(22)33)13-23(26)31)29(36)19-6-5-18-8-10-41-25(18)14-19/h2-6,8,10-11,13-14,24H,7,9,12,15-16H2,1H3,(H,32,35)(H,37,38). The number of furan rings is 1. The van der Waals surface area contributed by atoms with Crippen molar-refractivity contribution in [3.05, 3.63) is 93.7 Å². The quantitative estimate of drug-likeness (QED) is 0.323. The van der Waals surface area contributed by atoms with Gasteiger partial charge in [0.05, 0.1) is 28.4 Å². The number of carbonyl (C=O) groups is 3. The Labute approximate surface area is 246 Å². The maximum atomic E-state index is 13.5. The molecule has 6 rings (SSSR count). The van der Waals surface area contributed by atoms with Crippen LogP contribution in [0.1, 0.15) is 37.4 Å². The van der Waals surface area contributed by atoms with E-state index in [1.54, 1.807) is 35.4 Å². The number of halogens is 1. The highest BCUT2D eigenvalue weighted by molar-refractivity contribution is 7.90. The van der Waals surface area contributed by atoms with Crippen LogP contribution in [0.25, 0.3) is 11.0 Å². The van der Waals surface area contributed by atoms with Gasteiger partial charge in [-0.1, -0.05) is 29.8 Å². The summed E-state index contributed by atoms with van der Waals surface area (Å²) in [5, 5.41) is 13.5. The predicted octanol–water partition coefficient (Wildman–Crippen LogP) is 3.89. The van der Waals surface area contributed by atoms with Gasteiger partial charge in [-0.2, -0.15) is 0 Å². The zero-order valence-electron chi connectivity index (χ0n) is 22.5. The van der Waals surface area contributed by atoms with Gasteiger partial charge in [0.15, 0.2) is 9.84 Å². The van der Waals surface area contributed by atoms with Gasteiger partial charge >= 0.3 is 5.97 Å². The highest BCUT2D eigenvalue weighted by Gasteiger charge is 2.36. The van der Waals surface area contributed by atoms with Crippen molar-refractivity contribution in [1.29, 1.82) is 0 Å². The van der Waals surface area contributed by atoms with E-state index in [9.17, 15) is 27.9 Å². The fourth-order valence-corrected chi connectivity index (χ4v) is 6.71. The van der Waals surface area contributed by atoms with E-state index in [0.717, 1.165) is 22.9 Å². The molecule has 2 aliphatic heterocycles. The van der Waals surface area contributed by atoms with Crippen molar-refractivity contribution in [2.45, 2.75) is 30.3 Å². The highest BCUT2D eigenvalue weighted by Crippen LogP contribution is 2.41. The third kappa shape index (κ3) is 5.10. The number of hydrogen-bond acceptors (Lipinski definition) is 7. The number of amides is 2. The van der Waals surface area contributed by atoms with Gasteiger partial charge in [-0.25, -0.2) is 13.2 Å². The zero-order chi connectivity index (χ0) is 29.8. The van der Waals surface area contributed by atoms with Gasteiger partial charge in [0.25, 0.3) is 11.8 Å². The van der Waals surface area contributed by atoms with Crippen molar-refractivity contribution in [2.24, 2.45) is 0 Å². The first-order chi connectivity index (χ1) is 20.0. The number of fused-ring (bicyclic) bond motifs is 1. The second kappa shape index (κ2) is 10.5. The number of carbonyl (C=O) groups excluding carboxylic acids is 2. The lowest BCUT2D eigenvalue weighted by molar-refractivity contribution is -0.139. The first-order valence-electron chi connectivity index (χ1n) is 13.2. The molecule has 0 radical (unpaired) electrons. The highest BCUT2D eigenvalue weighted by atomic mass is 35.5. The van der Waals surface area contributed by atoms with Crippen molar-refractivity contribution in [3.8, 4) is 0 Å². The van der Waals surface area contributed by atoms with Crippen molar-refractivity contribution < 1.29 is 32.3 Å². The van der Waals surface area contributed by atoms with Gasteiger partial charge in [0.1, 0.15) is 11.6 Å². The number of carboxylic acids is 1. The van der Waals surface area contributed by atoms with E-state index in [2.05, 4.69) is 5.32 Å². The molecular formula is C30H26ClN3O7S. The van der Waals surface area contributed by atoms with Gasteiger partial charge in [0.2, 0.25) is 0 Å². The molecule has 4 aromatic rings. The van der Waals surface area contributed by atoms with Crippen molar-refractivity contribution in [3.63, 3.8) is 0 Å². The summed E-state index contributed by atoms with van der Waals surface area (Å²) in [6, 6.07) is 13.5. The average Bonchev–Trinajstić information content (AvgIpc) is 3.59. The molecule has 3 heterocycles. The van der Waals surface area contributed by atoms with Crippen molar-refractivity contribution in [2.75, 3.05) is 24.4 Å². The summed E-state index contributed by atoms with van der Waals surface area (Å²) in [6.45, 7) is 1.18. The summed E-state index contributed by atoms with van der Waals surface area (Å²) >= 11 is 6.64. The summed E-state index contributed by atoms with van der Waals surface area (Å²) in [5.41, 5.74) is 4.14. The van der Waals surface area contributed by atoms with Crippen LogP contribution in [0.5, 0.6) is 0 Å². The molecule has 0 spiro atoms. The van der Waals surface area contributed by atoms with E-state index in [0.29, 0.717) is 48.5 Å². The van der Waals surface area contributed by atoms with Crippen LogP contribution in [0.15, 0.2) is 70.2 Å². The first-order valence-corrected chi connectivity index (χ1v) is 15.4. The SMILES string of the molecule is CS(=O)(=O)c1cccc(CC(NC(=O)c2c(Cl)cc3c4c2CCN4CN(C(=O)c2ccc4ccoc4c2)C3)C(=O)O)c1. The van der Waals surface area contributed by atoms with Crippen LogP contribution in [-0.2, 0) is 34.0 Å². The van der Waals surface area contributed by atoms with Crippen LogP contribution >= 0.6 is 11.6 Å². The molecule has 2 amide bonds. The van der Waals surface area contributed by atoms with Gasteiger partial charge < -0.3 is 24.6 Å². The van der Waals surface area contributed by atoms with E-state index in [1.807, 2.05) is 17.0 Å². The van der Waals surface area contributed by atoms with Gasteiger partial charge in [-0.15, -0.1) is 0 Å². The monoisotopic (exact) mass is 607 g/mol. The fourth-order valence-electron chi connectivity index (χ4n) is 5.69. The lowest BCUT2D eigenvalue weighted by atomic mass is 9.97. The second-order valence-corrected chi connectivity index (χ2v) is 13.0. The van der Waals surface area contributed by atoms with Crippen LogP contribution in [0.3, 0.4) is 0 Å². The van der Waals surface area contributed by atoms with E-state index in [1.165, 1.54) is 18.2 Å². The Kier molecular flexibility index (Phi) is 6.94. The Morgan fingerprint density at radius 1 is 1.12 bits per heavy atom. The minimum Gasteiger partial charge on any atom is -0.480 e. The number of rotatable bonds is 7. The molecule has 0 saturated carbocycles. The van der Waals surface area contributed by atoms with E-state index < -0.39 is 27.8 Å². The normalized spacial score (nSPS) is 15.0. The third-order valence-corrected chi connectivity index (χ3v) is 9.08. The van der Waals surface area contributed by atoms with Crippen LogP contribution in [-0.4, -0.2) is 61.7 Å². The summed E-state index contributed by atoms with van der Waals surface area (Å²) in [7, 11) is -3.48. The molecule has 1 atom stereocenters. The van der Waals surface area contributed by atoms with E-state index in [4.69, 9.17) is 16.0 Å². The molecule has 10 nitrogen and oxygen atoms in total. The molecule has 1 unspecified atom stereocenters. The lowest BCUT2D eigenvalue weighted by Crippen LogP contribution is -2.44. The molecule has 216 valence electrons. The molecule has 2 N–H and O–H groups in total. The number of aliphatic carboxylic acids is 1. The lowest BCUT2D eigenvalue weighted by Gasteiger charge is -2.36. The predicted molar refractivity (Wildman–Crippen MR) is 156 cm³/mol. The van der Waals surface area contributed by atoms with Crippen LogP contribution < -0.4 is 10.2 Å². The minimum absolute atomic E-state index is 0.0653. The zero-order valence-corrected chi connectivity index (χ0v) is 24.0. The Bertz CT molecular complexity index is 1890. The molecule has 12 heteroatoms. The Hall–Kier alpha value is -4.35. The van der Waals surface area contributed by atoms with Crippen LogP contribution in [0, 0.1) is 0 Å². The maximum Gasteiger partial charge on any atom is 0.326 e. The van der Waals surface area contributed by atoms with Crippen LogP contribution in [0.4, 0.5) is 5.69 Å². The molecule has 42 heavy (non-hydrogen) atoms.